The van der Waals surface area contributed by atoms with Crippen LogP contribution in [0.4, 0.5) is 5.69 Å². The van der Waals surface area contributed by atoms with Crippen LogP contribution < -0.4 is 5.32 Å². The van der Waals surface area contributed by atoms with Crippen LogP contribution >= 0.6 is 0 Å². The van der Waals surface area contributed by atoms with Crippen molar-refractivity contribution in [2.75, 3.05) is 31.6 Å². The third-order valence-electron chi connectivity index (χ3n) is 4.76. The Bertz CT molecular complexity index is 724. The maximum Gasteiger partial charge on any atom is 0.307 e. The van der Waals surface area contributed by atoms with E-state index < -0.39 is 17.8 Å². The van der Waals surface area contributed by atoms with Crippen molar-refractivity contribution in [3.05, 3.63) is 42.0 Å². The fourth-order valence-corrected chi connectivity index (χ4v) is 3.29. The zero-order valence-electron chi connectivity index (χ0n) is 14.4. The number of carbonyl (C=O) groups excluding carboxylic acids is 2. The minimum atomic E-state index is -0.967. The lowest BCUT2D eigenvalue weighted by molar-refractivity contribution is -0.146. The van der Waals surface area contributed by atoms with Gasteiger partial charge in [-0.15, -0.1) is 0 Å². The van der Waals surface area contributed by atoms with Crippen LogP contribution in [0.2, 0.25) is 0 Å². The molecule has 2 N–H and O–H groups in total. The smallest absolute Gasteiger partial charge is 0.307 e. The zero-order chi connectivity index (χ0) is 18.5. The third-order valence-corrected chi connectivity index (χ3v) is 4.76. The number of benzene rings is 1. The standard InChI is InChI=1S/C19H22N2O5/c22-17(15-6-1-2-7-16(15)19(24)25)20-14-5-3-4-13(12-14)18(23)21-8-10-26-11-9-21/h1-5,12,15-16H,6-11H2,(H,20,22)(H,24,25)/t15-,16+/m1/s1. The molecular weight excluding hydrogens is 336 g/mol. The Labute approximate surface area is 151 Å². The summed E-state index contributed by atoms with van der Waals surface area (Å²) in [6, 6.07) is 6.74. The lowest BCUT2D eigenvalue weighted by Crippen LogP contribution is -2.40. The van der Waals surface area contributed by atoms with Crippen molar-refractivity contribution in [2.45, 2.75) is 12.8 Å². The first-order valence-corrected chi connectivity index (χ1v) is 8.72. The van der Waals surface area contributed by atoms with Gasteiger partial charge in [0.05, 0.1) is 25.0 Å². The van der Waals surface area contributed by atoms with E-state index >= 15 is 0 Å². The van der Waals surface area contributed by atoms with Crippen molar-refractivity contribution >= 4 is 23.5 Å². The van der Waals surface area contributed by atoms with Crippen LogP contribution in [0.3, 0.4) is 0 Å². The number of allylic oxidation sites excluding steroid dienone is 2. The van der Waals surface area contributed by atoms with Crippen molar-refractivity contribution in [1.29, 1.82) is 0 Å². The van der Waals surface area contributed by atoms with Gasteiger partial charge in [-0.2, -0.15) is 0 Å². The maximum absolute atomic E-state index is 12.6. The van der Waals surface area contributed by atoms with Gasteiger partial charge < -0.3 is 20.1 Å². The highest BCUT2D eigenvalue weighted by Crippen LogP contribution is 2.27. The predicted octanol–water partition coefficient (Wildman–Crippen LogP) is 1.76. The van der Waals surface area contributed by atoms with E-state index in [1.807, 2.05) is 6.08 Å². The largest absolute Gasteiger partial charge is 0.481 e. The lowest BCUT2D eigenvalue weighted by atomic mass is 9.82. The van der Waals surface area contributed by atoms with Gasteiger partial charge in [0.25, 0.3) is 5.91 Å². The average Bonchev–Trinajstić information content (AvgIpc) is 2.68. The van der Waals surface area contributed by atoms with E-state index in [0.29, 0.717) is 50.4 Å². The van der Waals surface area contributed by atoms with Crippen molar-refractivity contribution in [3.8, 4) is 0 Å². The predicted molar refractivity (Wildman–Crippen MR) is 94.8 cm³/mol. The number of carboxylic acids is 1. The number of aliphatic carboxylic acids is 1. The number of hydrogen-bond donors (Lipinski definition) is 2. The molecule has 7 nitrogen and oxygen atoms in total. The molecule has 7 heteroatoms. The highest BCUT2D eigenvalue weighted by Gasteiger charge is 2.34. The third kappa shape index (κ3) is 4.11. The molecule has 26 heavy (non-hydrogen) atoms. The fourth-order valence-electron chi connectivity index (χ4n) is 3.29. The molecule has 0 saturated carbocycles. The van der Waals surface area contributed by atoms with Crippen LogP contribution in [0.25, 0.3) is 0 Å². The van der Waals surface area contributed by atoms with Crippen LogP contribution in [-0.4, -0.2) is 54.1 Å². The summed E-state index contributed by atoms with van der Waals surface area (Å²) in [7, 11) is 0. The summed E-state index contributed by atoms with van der Waals surface area (Å²) < 4.78 is 5.25. The van der Waals surface area contributed by atoms with Crippen molar-refractivity contribution < 1.29 is 24.2 Å². The van der Waals surface area contributed by atoms with Gasteiger partial charge in [0.1, 0.15) is 0 Å². The summed E-state index contributed by atoms with van der Waals surface area (Å²) >= 11 is 0. The summed E-state index contributed by atoms with van der Waals surface area (Å²) in [6.07, 6.45) is 4.38. The van der Waals surface area contributed by atoms with Crippen molar-refractivity contribution in [1.82, 2.24) is 4.90 Å². The van der Waals surface area contributed by atoms with Gasteiger partial charge in [-0.3, -0.25) is 14.4 Å². The number of nitrogens with one attached hydrogen (secondary N) is 1. The van der Waals surface area contributed by atoms with Gasteiger partial charge in [-0.25, -0.2) is 0 Å². The topological polar surface area (TPSA) is 95.9 Å². The number of rotatable bonds is 4. The van der Waals surface area contributed by atoms with Gasteiger partial charge in [0.15, 0.2) is 0 Å². The molecule has 0 aromatic heterocycles. The number of hydrogen-bond acceptors (Lipinski definition) is 4. The molecular formula is C19H22N2O5. The van der Waals surface area contributed by atoms with Crippen LogP contribution in [0.1, 0.15) is 23.2 Å². The molecule has 0 radical (unpaired) electrons. The highest BCUT2D eigenvalue weighted by molar-refractivity contribution is 5.98. The van der Waals surface area contributed by atoms with E-state index in [9.17, 15) is 19.5 Å². The Kier molecular flexibility index (Phi) is 5.68. The Morgan fingerprint density at radius 2 is 1.77 bits per heavy atom. The van der Waals surface area contributed by atoms with E-state index in [4.69, 9.17) is 4.74 Å². The molecule has 1 aliphatic heterocycles. The molecule has 1 aromatic rings. The lowest BCUT2D eigenvalue weighted by Gasteiger charge is -2.27. The van der Waals surface area contributed by atoms with Gasteiger partial charge in [-0.05, 0) is 31.0 Å². The number of anilines is 1. The number of ether oxygens (including phenoxy) is 1. The number of amides is 2. The Morgan fingerprint density at radius 3 is 2.46 bits per heavy atom. The van der Waals surface area contributed by atoms with Gasteiger partial charge in [0, 0.05) is 24.3 Å². The quantitative estimate of drug-likeness (QED) is 0.800. The highest BCUT2D eigenvalue weighted by atomic mass is 16.5. The first kappa shape index (κ1) is 18.1. The van der Waals surface area contributed by atoms with E-state index in [0.717, 1.165) is 0 Å². The molecule has 2 amide bonds. The van der Waals surface area contributed by atoms with Crippen molar-refractivity contribution in [2.24, 2.45) is 11.8 Å². The Morgan fingerprint density at radius 1 is 1.08 bits per heavy atom. The average molecular weight is 358 g/mol. The molecule has 1 saturated heterocycles. The van der Waals surface area contributed by atoms with Gasteiger partial charge >= 0.3 is 5.97 Å². The number of nitrogens with zero attached hydrogens (tertiary/aromatic N) is 1. The molecule has 2 aliphatic rings. The molecule has 0 bridgehead atoms. The molecule has 1 aromatic carbocycles. The molecule has 0 spiro atoms. The molecule has 1 aliphatic carbocycles. The van der Waals surface area contributed by atoms with E-state index in [1.54, 1.807) is 35.2 Å². The summed E-state index contributed by atoms with van der Waals surface area (Å²) in [5, 5.41) is 12.1. The zero-order valence-corrected chi connectivity index (χ0v) is 14.4. The molecule has 138 valence electrons. The monoisotopic (exact) mass is 358 g/mol. The molecule has 2 atom stereocenters. The van der Waals surface area contributed by atoms with Gasteiger partial charge in [-0.1, -0.05) is 18.2 Å². The molecule has 1 fully saturated rings. The molecule has 3 rings (SSSR count). The fraction of sp³-hybridized carbons (Fsp3) is 0.421. The minimum Gasteiger partial charge on any atom is -0.481 e. The Hall–Kier alpha value is -2.67. The number of carbonyl (C=O) groups is 3. The minimum absolute atomic E-state index is 0.103. The van der Waals surface area contributed by atoms with Crippen LogP contribution in [0.15, 0.2) is 36.4 Å². The van der Waals surface area contributed by atoms with Crippen molar-refractivity contribution in [3.63, 3.8) is 0 Å². The number of morpholine rings is 1. The summed E-state index contributed by atoms with van der Waals surface area (Å²) in [6.45, 7) is 2.14. The van der Waals surface area contributed by atoms with Crippen LogP contribution in [0, 0.1) is 11.8 Å². The second-order valence-corrected chi connectivity index (χ2v) is 6.47. The second kappa shape index (κ2) is 8.14. The first-order chi connectivity index (χ1) is 12.6. The van der Waals surface area contributed by atoms with E-state index in [1.165, 1.54) is 0 Å². The Balaban J connectivity index is 1.70. The maximum atomic E-state index is 12.6. The van der Waals surface area contributed by atoms with Crippen LogP contribution in [-0.2, 0) is 14.3 Å². The molecule has 1 heterocycles. The normalized spacial score (nSPS) is 22.7. The number of carboxylic acid groups (broad SMARTS) is 1. The summed E-state index contributed by atoms with van der Waals surface area (Å²) in [4.78, 5) is 38.2. The van der Waals surface area contributed by atoms with E-state index in [2.05, 4.69) is 5.32 Å². The molecule has 0 unspecified atom stereocenters. The van der Waals surface area contributed by atoms with E-state index in [-0.39, 0.29) is 11.8 Å². The second-order valence-electron chi connectivity index (χ2n) is 6.47. The van der Waals surface area contributed by atoms with Crippen LogP contribution in [0.5, 0.6) is 0 Å². The summed E-state index contributed by atoms with van der Waals surface area (Å²) in [5.41, 5.74) is 0.982. The SMILES string of the molecule is O=C(O)[C@H]1CC=CC[C@H]1C(=O)Nc1cccc(C(=O)N2CCOCC2)c1. The first-order valence-electron chi connectivity index (χ1n) is 8.72. The van der Waals surface area contributed by atoms with Gasteiger partial charge in [0.2, 0.25) is 5.91 Å². The summed E-state index contributed by atoms with van der Waals surface area (Å²) in [5.74, 6) is -2.74.